The van der Waals surface area contributed by atoms with E-state index >= 15 is 0 Å². The van der Waals surface area contributed by atoms with Gasteiger partial charge in [-0.25, -0.2) is 9.86 Å². The first-order chi connectivity index (χ1) is 10.0. The topological polar surface area (TPSA) is 93.9 Å². The highest BCUT2D eigenvalue weighted by Gasteiger charge is 2.39. The van der Waals surface area contributed by atoms with E-state index in [1.54, 1.807) is 6.92 Å². The number of para-hydroxylation sites is 1. The van der Waals surface area contributed by atoms with Crippen molar-refractivity contribution in [1.29, 1.82) is 0 Å². The van der Waals surface area contributed by atoms with E-state index in [9.17, 15) is 9.59 Å². The van der Waals surface area contributed by atoms with Crippen molar-refractivity contribution >= 4 is 17.6 Å². The van der Waals surface area contributed by atoms with Crippen LogP contribution >= 0.6 is 0 Å². The number of anilines is 1. The Bertz CT molecular complexity index is 506. The minimum Gasteiger partial charge on any atom is -0.467 e. The summed E-state index contributed by atoms with van der Waals surface area (Å²) in [5.74, 6) is -0.788. The van der Waals surface area contributed by atoms with Gasteiger partial charge in [0.15, 0.2) is 6.10 Å². The van der Waals surface area contributed by atoms with Crippen molar-refractivity contribution in [3.63, 3.8) is 0 Å². The van der Waals surface area contributed by atoms with E-state index in [-0.39, 0.29) is 5.91 Å². The van der Waals surface area contributed by atoms with Crippen LogP contribution < -0.4 is 16.1 Å². The normalized spacial score (nSPS) is 22.7. The fourth-order valence-corrected chi connectivity index (χ4v) is 2.05. The van der Waals surface area contributed by atoms with Crippen molar-refractivity contribution in [2.75, 3.05) is 12.2 Å². The number of ether oxygens (including phenoxy) is 1. The van der Waals surface area contributed by atoms with Gasteiger partial charge in [0.1, 0.15) is 6.17 Å². The number of hydrogen-bond donors (Lipinski definition) is 2. The zero-order valence-electron chi connectivity index (χ0n) is 12.0. The molecular formula is C14H19N3O4. The van der Waals surface area contributed by atoms with Gasteiger partial charge < -0.3 is 15.8 Å². The third kappa shape index (κ3) is 3.50. The molecule has 7 nitrogen and oxygen atoms in total. The molecule has 1 saturated heterocycles. The van der Waals surface area contributed by atoms with Crippen LogP contribution in [0.4, 0.5) is 5.69 Å². The molecule has 21 heavy (non-hydrogen) atoms. The van der Waals surface area contributed by atoms with Crippen LogP contribution in [-0.2, 0) is 19.2 Å². The zero-order chi connectivity index (χ0) is 15.4. The van der Waals surface area contributed by atoms with E-state index in [4.69, 9.17) is 15.3 Å². The number of methoxy groups -OCH3 is 1. The smallest absolute Gasteiger partial charge is 0.337 e. The van der Waals surface area contributed by atoms with Gasteiger partial charge in [-0.3, -0.25) is 9.63 Å². The molecule has 2 rings (SSSR count). The van der Waals surface area contributed by atoms with E-state index < -0.39 is 24.3 Å². The zero-order valence-corrected chi connectivity index (χ0v) is 12.0. The largest absolute Gasteiger partial charge is 0.467 e. The third-order valence-corrected chi connectivity index (χ3v) is 3.16. The Balaban J connectivity index is 2.18. The van der Waals surface area contributed by atoms with Crippen LogP contribution in [0.15, 0.2) is 30.3 Å². The minimum atomic E-state index is -0.756. The van der Waals surface area contributed by atoms with E-state index in [1.165, 1.54) is 12.2 Å². The first-order valence-electron chi connectivity index (χ1n) is 6.67. The highest BCUT2D eigenvalue weighted by molar-refractivity contribution is 5.82. The van der Waals surface area contributed by atoms with Crippen molar-refractivity contribution in [3.8, 4) is 0 Å². The van der Waals surface area contributed by atoms with Crippen LogP contribution in [0.2, 0.25) is 0 Å². The lowest BCUT2D eigenvalue weighted by atomic mass is 10.2. The molecule has 1 heterocycles. The van der Waals surface area contributed by atoms with Crippen molar-refractivity contribution in [2.45, 2.75) is 31.7 Å². The molecule has 0 bridgehead atoms. The van der Waals surface area contributed by atoms with Gasteiger partial charge in [0.2, 0.25) is 5.91 Å². The molecule has 7 heteroatoms. The standard InChI is InChI=1S/C14H19N3O4/c1-9(15)13(18)16-12-8-11(14(19)20-2)21-17(12)10-6-4-3-5-7-10/h3-7,9,11-12H,8,15H2,1-2H3,(H,16,18)/t9-,11+,12+/m0/s1. The second-order valence-electron chi connectivity index (χ2n) is 4.83. The number of carbonyl (C=O) groups excluding carboxylic acids is 2. The van der Waals surface area contributed by atoms with Crippen molar-refractivity contribution in [2.24, 2.45) is 5.73 Å². The maximum Gasteiger partial charge on any atom is 0.337 e. The lowest BCUT2D eigenvalue weighted by molar-refractivity contribution is -0.151. The van der Waals surface area contributed by atoms with Crippen molar-refractivity contribution < 1.29 is 19.2 Å². The summed E-state index contributed by atoms with van der Waals surface area (Å²) in [7, 11) is 1.30. The van der Waals surface area contributed by atoms with E-state index in [1.807, 2.05) is 30.3 Å². The summed E-state index contributed by atoms with van der Waals surface area (Å²) < 4.78 is 4.69. The van der Waals surface area contributed by atoms with Gasteiger partial charge in [-0.05, 0) is 19.1 Å². The average Bonchev–Trinajstić information content (AvgIpc) is 2.91. The second kappa shape index (κ2) is 6.55. The van der Waals surface area contributed by atoms with Crippen LogP contribution in [0, 0.1) is 0 Å². The lowest BCUT2D eigenvalue weighted by Crippen LogP contribution is -2.49. The summed E-state index contributed by atoms with van der Waals surface area (Å²) in [5, 5.41) is 4.27. The van der Waals surface area contributed by atoms with Gasteiger partial charge in [0.25, 0.3) is 0 Å². The Morgan fingerprint density at radius 3 is 2.67 bits per heavy atom. The molecule has 3 N–H and O–H groups in total. The second-order valence-corrected chi connectivity index (χ2v) is 4.83. The quantitative estimate of drug-likeness (QED) is 0.768. The fraction of sp³-hybridized carbons (Fsp3) is 0.429. The molecule has 0 aromatic heterocycles. The Morgan fingerprint density at radius 2 is 2.10 bits per heavy atom. The molecule has 114 valence electrons. The summed E-state index contributed by atoms with van der Waals surface area (Å²) in [6.07, 6.45) is -0.941. The molecule has 1 aromatic carbocycles. The number of carbonyl (C=O) groups is 2. The Morgan fingerprint density at radius 1 is 1.43 bits per heavy atom. The predicted molar refractivity (Wildman–Crippen MR) is 76.0 cm³/mol. The van der Waals surface area contributed by atoms with Crippen molar-refractivity contribution in [3.05, 3.63) is 30.3 Å². The highest BCUT2D eigenvalue weighted by Crippen LogP contribution is 2.27. The molecule has 1 amide bonds. The lowest BCUT2D eigenvalue weighted by Gasteiger charge is -2.25. The highest BCUT2D eigenvalue weighted by atomic mass is 16.7. The molecule has 0 aliphatic carbocycles. The maximum atomic E-state index is 11.8. The number of hydrogen-bond acceptors (Lipinski definition) is 6. The van der Waals surface area contributed by atoms with Crippen LogP contribution in [0.5, 0.6) is 0 Å². The van der Waals surface area contributed by atoms with E-state index in [0.29, 0.717) is 6.42 Å². The molecule has 1 fully saturated rings. The minimum absolute atomic E-state index is 0.292. The number of nitrogens with zero attached hydrogens (tertiary/aromatic N) is 1. The first kappa shape index (κ1) is 15.3. The van der Waals surface area contributed by atoms with Gasteiger partial charge >= 0.3 is 5.97 Å². The molecule has 1 aliphatic heterocycles. The number of nitrogens with two attached hydrogens (primary N) is 1. The predicted octanol–water partition coefficient (Wildman–Crippen LogP) is 0.159. The van der Waals surface area contributed by atoms with Gasteiger partial charge in [-0.1, -0.05) is 18.2 Å². The fourth-order valence-electron chi connectivity index (χ4n) is 2.05. The Hall–Kier alpha value is -2.12. The SMILES string of the molecule is COC(=O)[C@H]1C[C@H](NC(=O)[C@H](C)N)N(c2ccccc2)O1. The van der Waals surface area contributed by atoms with Crippen LogP contribution in [0.1, 0.15) is 13.3 Å². The number of benzene rings is 1. The summed E-state index contributed by atoms with van der Waals surface area (Å²) in [4.78, 5) is 29.0. The molecule has 3 atom stereocenters. The molecular weight excluding hydrogens is 274 g/mol. The number of esters is 1. The average molecular weight is 293 g/mol. The number of rotatable bonds is 4. The summed E-state index contributed by atoms with van der Waals surface area (Å²) in [6, 6.07) is 8.56. The number of amides is 1. The van der Waals surface area contributed by atoms with Crippen LogP contribution in [-0.4, -0.2) is 37.3 Å². The number of hydroxylamine groups is 1. The third-order valence-electron chi connectivity index (χ3n) is 3.16. The van der Waals surface area contributed by atoms with Gasteiger partial charge in [0, 0.05) is 6.42 Å². The molecule has 0 unspecified atom stereocenters. The van der Waals surface area contributed by atoms with E-state index in [0.717, 1.165) is 5.69 Å². The molecule has 0 spiro atoms. The molecule has 1 aromatic rings. The number of nitrogens with one attached hydrogen (secondary N) is 1. The summed E-state index contributed by atoms with van der Waals surface area (Å²) >= 11 is 0. The molecule has 0 radical (unpaired) electrons. The Kier molecular flexibility index (Phi) is 4.77. The first-order valence-corrected chi connectivity index (χ1v) is 6.67. The van der Waals surface area contributed by atoms with Gasteiger partial charge in [-0.15, -0.1) is 0 Å². The van der Waals surface area contributed by atoms with Gasteiger partial charge in [-0.2, -0.15) is 0 Å². The van der Waals surface area contributed by atoms with Gasteiger partial charge in [0.05, 0.1) is 18.8 Å². The van der Waals surface area contributed by atoms with Crippen LogP contribution in [0.3, 0.4) is 0 Å². The summed E-state index contributed by atoms with van der Waals surface area (Å²) in [6.45, 7) is 1.59. The van der Waals surface area contributed by atoms with Crippen LogP contribution in [0.25, 0.3) is 0 Å². The molecule has 0 saturated carbocycles. The summed E-state index contributed by atoms with van der Waals surface area (Å²) in [5.41, 5.74) is 6.29. The molecule has 1 aliphatic rings. The maximum absolute atomic E-state index is 11.8. The Labute approximate surface area is 122 Å². The van der Waals surface area contributed by atoms with Crippen molar-refractivity contribution in [1.82, 2.24) is 5.32 Å². The monoisotopic (exact) mass is 293 g/mol. The van der Waals surface area contributed by atoms with E-state index in [2.05, 4.69) is 5.32 Å².